The number of aliphatic hydroxyl groups is 1. The molecule has 1 aromatic rings. The summed E-state index contributed by atoms with van der Waals surface area (Å²) in [4.78, 5) is 0. The van der Waals surface area contributed by atoms with E-state index in [9.17, 15) is 0 Å². The van der Waals surface area contributed by atoms with Crippen LogP contribution in [0.5, 0.6) is 0 Å². The second-order valence-electron chi connectivity index (χ2n) is 2.62. The van der Waals surface area contributed by atoms with Gasteiger partial charge in [-0.2, -0.15) is 5.21 Å². The van der Waals surface area contributed by atoms with Crippen molar-refractivity contribution in [3.63, 3.8) is 0 Å². The number of aromatic nitrogens is 4. The molecular formula is C5H9N5O. The third-order valence-corrected chi connectivity index (χ3v) is 1.78. The van der Waals surface area contributed by atoms with E-state index < -0.39 is 0 Å². The van der Waals surface area contributed by atoms with E-state index >= 15 is 0 Å². The Morgan fingerprint density at radius 3 is 3.00 bits per heavy atom. The van der Waals surface area contributed by atoms with Gasteiger partial charge < -0.3 is 10.4 Å². The van der Waals surface area contributed by atoms with Gasteiger partial charge in [-0.3, -0.25) is 0 Å². The molecule has 2 rings (SSSR count). The summed E-state index contributed by atoms with van der Waals surface area (Å²) in [5.74, 6) is 0.626. The van der Waals surface area contributed by atoms with Crippen molar-refractivity contribution >= 4 is 0 Å². The summed E-state index contributed by atoms with van der Waals surface area (Å²) in [5, 5.41) is 25.7. The summed E-state index contributed by atoms with van der Waals surface area (Å²) < 4.78 is 0. The molecule has 1 fully saturated rings. The lowest BCUT2D eigenvalue weighted by Gasteiger charge is -2.01. The van der Waals surface area contributed by atoms with Gasteiger partial charge in [-0.1, -0.05) is 5.21 Å². The van der Waals surface area contributed by atoms with E-state index in [1.165, 1.54) is 0 Å². The fraction of sp³-hybridized carbons (Fsp3) is 0.800. The monoisotopic (exact) mass is 155 g/mol. The van der Waals surface area contributed by atoms with E-state index in [1.807, 2.05) is 0 Å². The molecule has 1 aliphatic heterocycles. The zero-order valence-electron chi connectivity index (χ0n) is 5.86. The van der Waals surface area contributed by atoms with E-state index in [2.05, 4.69) is 25.9 Å². The van der Waals surface area contributed by atoms with Crippen LogP contribution in [-0.2, 0) is 0 Å². The number of aliphatic hydroxyl groups excluding tert-OH is 1. The fourth-order valence-corrected chi connectivity index (χ4v) is 1.23. The largest absolute Gasteiger partial charge is 0.392 e. The van der Waals surface area contributed by atoms with Crippen LogP contribution >= 0.6 is 0 Å². The maximum absolute atomic E-state index is 9.15. The molecule has 2 atom stereocenters. The van der Waals surface area contributed by atoms with Gasteiger partial charge in [-0.15, -0.1) is 10.2 Å². The Bertz CT molecular complexity index is 223. The molecule has 1 unspecified atom stereocenters. The molecule has 0 amide bonds. The van der Waals surface area contributed by atoms with E-state index in [0.717, 1.165) is 0 Å². The first-order valence-corrected chi connectivity index (χ1v) is 3.51. The molecular weight excluding hydrogens is 146 g/mol. The average Bonchev–Trinajstić information content (AvgIpc) is 2.55. The second kappa shape index (κ2) is 2.55. The van der Waals surface area contributed by atoms with Crippen molar-refractivity contribution in [2.24, 2.45) is 0 Å². The third-order valence-electron chi connectivity index (χ3n) is 1.78. The van der Waals surface area contributed by atoms with Gasteiger partial charge in [0.15, 0.2) is 5.82 Å². The van der Waals surface area contributed by atoms with Crippen molar-refractivity contribution in [1.29, 1.82) is 0 Å². The van der Waals surface area contributed by atoms with Crippen molar-refractivity contribution in [3.8, 4) is 0 Å². The van der Waals surface area contributed by atoms with E-state index in [1.54, 1.807) is 0 Å². The van der Waals surface area contributed by atoms with Gasteiger partial charge in [-0.05, 0) is 6.42 Å². The Labute approximate surface area is 63.0 Å². The van der Waals surface area contributed by atoms with E-state index in [0.29, 0.717) is 18.8 Å². The molecule has 1 saturated heterocycles. The molecule has 3 N–H and O–H groups in total. The maximum Gasteiger partial charge on any atom is 0.191 e. The second-order valence-corrected chi connectivity index (χ2v) is 2.62. The van der Waals surface area contributed by atoms with Crippen LogP contribution < -0.4 is 5.32 Å². The molecule has 0 aromatic carbocycles. The smallest absolute Gasteiger partial charge is 0.191 e. The Morgan fingerprint density at radius 1 is 1.55 bits per heavy atom. The molecule has 1 aromatic heterocycles. The number of hydrogen-bond donors (Lipinski definition) is 3. The molecule has 0 saturated carbocycles. The molecule has 11 heavy (non-hydrogen) atoms. The summed E-state index contributed by atoms with van der Waals surface area (Å²) in [7, 11) is 0. The van der Waals surface area contributed by atoms with Crippen LogP contribution in [-0.4, -0.2) is 38.4 Å². The van der Waals surface area contributed by atoms with Crippen molar-refractivity contribution in [2.45, 2.75) is 18.6 Å². The van der Waals surface area contributed by atoms with Crippen LogP contribution in [0.25, 0.3) is 0 Å². The van der Waals surface area contributed by atoms with Crippen molar-refractivity contribution in [2.75, 3.05) is 6.54 Å². The number of aromatic amines is 1. The Hall–Kier alpha value is -1.01. The van der Waals surface area contributed by atoms with Crippen LogP contribution in [0.4, 0.5) is 0 Å². The highest BCUT2D eigenvalue weighted by atomic mass is 16.3. The molecule has 6 nitrogen and oxygen atoms in total. The van der Waals surface area contributed by atoms with Gasteiger partial charge in [0.25, 0.3) is 0 Å². The summed E-state index contributed by atoms with van der Waals surface area (Å²) in [6.45, 7) is 0.610. The minimum absolute atomic E-state index is 0.0590. The fourth-order valence-electron chi connectivity index (χ4n) is 1.23. The lowest BCUT2D eigenvalue weighted by molar-refractivity contribution is 0.193. The van der Waals surface area contributed by atoms with E-state index in [4.69, 9.17) is 5.11 Å². The lowest BCUT2D eigenvalue weighted by atomic mass is 10.2. The van der Waals surface area contributed by atoms with Gasteiger partial charge in [-0.25, -0.2) is 0 Å². The minimum atomic E-state index is -0.279. The summed E-state index contributed by atoms with van der Waals surface area (Å²) in [6, 6.07) is 0.0590. The Balaban J connectivity index is 2.08. The molecule has 0 spiro atoms. The summed E-state index contributed by atoms with van der Waals surface area (Å²) in [5.41, 5.74) is 0. The zero-order valence-corrected chi connectivity index (χ0v) is 5.86. The number of β-amino-alcohol motifs (C(OH)–C–C–N with tert-alkyl or cyclic N) is 1. The topological polar surface area (TPSA) is 86.7 Å². The van der Waals surface area contributed by atoms with Gasteiger partial charge in [0.2, 0.25) is 0 Å². The van der Waals surface area contributed by atoms with Crippen molar-refractivity contribution < 1.29 is 5.11 Å². The minimum Gasteiger partial charge on any atom is -0.392 e. The average molecular weight is 155 g/mol. The molecule has 0 bridgehead atoms. The van der Waals surface area contributed by atoms with Crippen LogP contribution in [0.3, 0.4) is 0 Å². The highest BCUT2D eigenvalue weighted by Crippen LogP contribution is 2.18. The SMILES string of the molecule is OC1CN[C@H](c2nn[nH]n2)C1. The van der Waals surface area contributed by atoms with Crippen LogP contribution in [0.1, 0.15) is 18.3 Å². The summed E-state index contributed by atoms with van der Waals surface area (Å²) >= 11 is 0. The highest BCUT2D eigenvalue weighted by molar-refractivity contribution is 4.94. The Kier molecular flexibility index (Phi) is 1.55. The Morgan fingerprint density at radius 2 is 2.45 bits per heavy atom. The lowest BCUT2D eigenvalue weighted by Crippen LogP contribution is -2.15. The number of H-pyrrole nitrogens is 1. The summed E-state index contributed by atoms with van der Waals surface area (Å²) in [6.07, 6.45) is 0.387. The standard InChI is InChI=1S/C5H9N5O/c11-3-1-4(6-2-3)5-7-9-10-8-5/h3-4,6,11H,1-2H2,(H,7,8,9,10)/t3?,4-/m0/s1. The van der Waals surface area contributed by atoms with Gasteiger partial charge in [0.05, 0.1) is 12.1 Å². The zero-order chi connectivity index (χ0) is 7.68. The predicted octanol–water partition coefficient (Wildman–Crippen LogP) is -1.41. The van der Waals surface area contributed by atoms with Crippen molar-refractivity contribution in [1.82, 2.24) is 25.9 Å². The number of nitrogens with one attached hydrogen (secondary N) is 2. The van der Waals surface area contributed by atoms with Gasteiger partial charge >= 0.3 is 0 Å². The maximum atomic E-state index is 9.15. The number of hydrogen-bond acceptors (Lipinski definition) is 5. The van der Waals surface area contributed by atoms with Crippen molar-refractivity contribution in [3.05, 3.63) is 5.82 Å². The number of nitrogens with zero attached hydrogens (tertiary/aromatic N) is 3. The molecule has 6 heteroatoms. The predicted molar refractivity (Wildman–Crippen MR) is 35.5 cm³/mol. The van der Waals surface area contributed by atoms with E-state index in [-0.39, 0.29) is 12.1 Å². The molecule has 1 aliphatic rings. The quantitative estimate of drug-likeness (QED) is 0.464. The number of rotatable bonds is 1. The molecule has 0 aliphatic carbocycles. The van der Waals surface area contributed by atoms with Crippen LogP contribution in [0.15, 0.2) is 0 Å². The van der Waals surface area contributed by atoms with Gasteiger partial charge in [0, 0.05) is 6.54 Å². The first kappa shape index (κ1) is 6.68. The normalized spacial score (nSPS) is 31.0. The van der Waals surface area contributed by atoms with Crippen LogP contribution in [0, 0.1) is 0 Å². The molecule has 60 valence electrons. The molecule has 2 heterocycles. The van der Waals surface area contributed by atoms with Crippen LogP contribution in [0.2, 0.25) is 0 Å². The number of tetrazole rings is 1. The molecule has 0 radical (unpaired) electrons. The first-order valence-electron chi connectivity index (χ1n) is 3.51. The first-order chi connectivity index (χ1) is 5.36. The van der Waals surface area contributed by atoms with Gasteiger partial charge in [0.1, 0.15) is 0 Å². The highest BCUT2D eigenvalue weighted by Gasteiger charge is 2.26. The third kappa shape index (κ3) is 1.22.